The zero-order valence-electron chi connectivity index (χ0n) is 16.5. The number of hydrogen-bond acceptors (Lipinski definition) is 4. The number of para-hydroxylation sites is 2. The summed E-state index contributed by atoms with van der Waals surface area (Å²) in [6.45, 7) is 0.322. The van der Waals surface area contributed by atoms with E-state index in [4.69, 9.17) is 17.0 Å². The minimum absolute atomic E-state index is 0.0309. The van der Waals surface area contributed by atoms with Gasteiger partial charge >= 0.3 is 0 Å². The van der Waals surface area contributed by atoms with Crippen LogP contribution in [0.5, 0.6) is 5.75 Å². The van der Waals surface area contributed by atoms with E-state index in [1.807, 2.05) is 24.3 Å². The van der Waals surface area contributed by atoms with Crippen LogP contribution < -0.4 is 15.0 Å². The van der Waals surface area contributed by atoms with Gasteiger partial charge in [0, 0.05) is 9.13 Å². The quantitative estimate of drug-likeness (QED) is 0.211. The third-order valence-corrected chi connectivity index (χ3v) is 5.73. The van der Waals surface area contributed by atoms with Crippen molar-refractivity contribution in [3.63, 3.8) is 0 Å². The van der Waals surface area contributed by atoms with Crippen LogP contribution in [-0.2, 0) is 16.2 Å². The zero-order chi connectivity index (χ0) is 22.7. The van der Waals surface area contributed by atoms with Gasteiger partial charge in [0.05, 0.1) is 5.69 Å². The highest BCUT2D eigenvalue weighted by molar-refractivity contribution is 14.1. The van der Waals surface area contributed by atoms with Crippen LogP contribution in [0.4, 0.5) is 10.1 Å². The van der Waals surface area contributed by atoms with Crippen molar-refractivity contribution >= 4 is 63.5 Å². The van der Waals surface area contributed by atoms with E-state index >= 15 is 0 Å². The maximum atomic E-state index is 14.3. The maximum Gasteiger partial charge on any atom is 0.270 e. The molecule has 4 rings (SSSR count). The molecular weight excluding hydrogens is 542 g/mol. The molecule has 1 aliphatic rings. The van der Waals surface area contributed by atoms with E-state index in [1.54, 1.807) is 30.3 Å². The number of carbonyl (C=O) groups excluding carboxylic acids is 2. The van der Waals surface area contributed by atoms with Crippen LogP contribution in [-0.4, -0.2) is 16.9 Å². The van der Waals surface area contributed by atoms with Crippen LogP contribution in [0.15, 0.2) is 78.4 Å². The fourth-order valence-corrected chi connectivity index (χ4v) is 3.77. The zero-order valence-corrected chi connectivity index (χ0v) is 19.5. The Morgan fingerprint density at radius 1 is 1.00 bits per heavy atom. The molecule has 0 radical (unpaired) electrons. The summed E-state index contributed by atoms with van der Waals surface area (Å²) in [5.74, 6) is -1.49. The van der Waals surface area contributed by atoms with E-state index in [0.717, 1.165) is 14.0 Å². The first kappa shape index (κ1) is 22.1. The molecule has 5 nitrogen and oxygen atoms in total. The van der Waals surface area contributed by atoms with Crippen LogP contribution in [0.25, 0.3) is 6.08 Å². The highest BCUT2D eigenvalue weighted by atomic mass is 127. The summed E-state index contributed by atoms with van der Waals surface area (Å²) in [6, 6.07) is 20.7. The number of nitrogens with one attached hydrogen (secondary N) is 1. The minimum atomic E-state index is -0.712. The Morgan fingerprint density at radius 3 is 2.44 bits per heavy atom. The third kappa shape index (κ3) is 4.71. The van der Waals surface area contributed by atoms with Gasteiger partial charge in [-0.3, -0.25) is 14.9 Å². The first-order chi connectivity index (χ1) is 15.4. The van der Waals surface area contributed by atoms with Crippen molar-refractivity contribution in [3.05, 3.63) is 98.9 Å². The molecule has 0 saturated carbocycles. The lowest BCUT2D eigenvalue weighted by Gasteiger charge is -2.29. The Labute approximate surface area is 203 Å². The van der Waals surface area contributed by atoms with E-state index in [9.17, 15) is 14.0 Å². The first-order valence-corrected chi connectivity index (χ1v) is 11.0. The fraction of sp³-hybridized carbons (Fsp3) is 0.0417. The number of benzene rings is 3. The Hall–Kier alpha value is -3.11. The molecule has 1 N–H and O–H groups in total. The van der Waals surface area contributed by atoms with E-state index in [0.29, 0.717) is 17.9 Å². The average Bonchev–Trinajstić information content (AvgIpc) is 2.78. The van der Waals surface area contributed by atoms with E-state index in [1.165, 1.54) is 24.3 Å². The van der Waals surface area contributed by atoms with E-state index < -0.39 is 17.6 Å². The molecule has 1 aliphatic heterocycles. The topological polar surface area (TPSA) is 58.6 Å². The molecule has 0 atom stereocenters. The van der Waals surface area contributed by atoms with Gasteiger partial charge in [0.1, 0.15) is 23.7 Å². The number of ether oxygens (including phenoxy) is 1. The number of anilines is 1. The number of nitrogens with zero attached hydrogens (tertiary/aromatic N) is 1. The van der Waals surface area contributed by atoms with Gasteiger partial charge < -0.3 is 4.74 Å². The highest BCUT2D eigenvalue weighted by Gasteiger charge is 2.35. The Morgan fingerprint density at radius 2 is 1.69 bits per heavy atom. The molecule has 0 aromatic heterocycles. The number of halogens is 2. The van der Waals surface area contributed by atoms with Crippen molar-refractivity contribution in [1.29, 1.82) is 0 Å². The molecule has 0 unspecified atom stereocenters. The maximum absolute atomic E-state index is 14.3. The molecular formula is C24H16FIN2O3S. The molecule has 3 aromatic rings. The van der Waals surface area contributed by atoms with Crippen molar-refractivity contribution in [2.24, 2.45) is 0 Å². The Bertz CT molecular complexity index is 1240. The summed E-state index contributed by atoms with van der Waals surface area (Å²) in [5.41, 5.74) is 1.32. The second-order valence-corrected chi connectivity index (χ2v) is 8.49. The second kappa shape index (κ2) is 9.58. The second-order valence-electron chi connectivity index (χ2n) is 6.86. The van der Waals surface area contributed by atoms with Gasteiger partial charge in [-0.25, -0.2) is 9.29 Å². The minimum Gasteiger partial charge on any atom is -0.488 e. The molecule has 160 valence electrons. The fourth-order valence-electron chi connectivity index (χ4n) is 3.14. The number of carbonyl (C=O) groups is 2. The van der Waals surface area contributed by atoms with Crippen LogP contribution in [0.2, 0.25) is 0 Å². The molecule has 0 spiro atoms. The SMILES string of the molecule is O=C1NC(=S)N(c2ccccc2F)C(=O)/C1=C/c1ccccc1OCc1ccc(I)cc1. The third-order valence-electron chi connectivity index (χ3n) is 4.72. The van der Waals surface area contributed by atoms with Gasteiger partial charge in [-0.05, 0) is 76.8 Å². The number of hydrogen-bond donors (Lipinski definition) is 1. The standard InChI is InChI=1S/C24H16FIN2O3S/c25-19-6-2-3-7-20(19)28-23(30)18(22(29)27-24(28)32)13-16-5-1-4-8-21(16)31-14-15-9-11-17(26)12-10-15/h1-13H,14H2,(H,27,29,32)/b18-13+. The summed E-state index contributed by atoms with van der Waals surface area (Å²) < 4.78 is 21.4. The molecule has 1 heterocycles. The van der Waals surface area contributed by atoms with Gasteiger partial charge in [-0.15, -0.1) is 0 Å². The average molecular weight is 558 g/mol. The van der Waals surface area contributed by atoms with Crippen molar-refractivity contribution in [2.75, 3.05) is 4.90 Å². The van der Waals surface area contributed by atoms with Crippen molar-refractivity contribution in [1.82, 2.24) is 5.32 Å². The molecule has 8 heteroatoms. The lowest BCUT2D eigenvalue weighted by molar-refractivity contribution is -0.122. The summed E-state index contributed by atoms with van der Waals surface area (Å²) in [4.78, 5) is 26.7. The van der Waals surface area contributed by atoms with Crippen LogP contribution >= 0.6 is 34.8 Å². The summed E-state index contributed by atoms with van der Waals surface area (Å²) in [5, 5.41) is 2.28. The van der Waals surface area contributed by atoms with Crippen LogP contribution in [0, 0.1) is 9.39 Å². The van der Waals surface area contributed by atoms with Gasteiger partial charge in [-0.1, -0.05) is 42.5 Å². The molecule has 32 heavy (non-hydrogen) atoms. The van der Waals surface area contributed by atoms with Crippen molar-refractivity contribution in [3.8, 4) is 5.75 Å². The van der Waals surface area contributed by atoms with Crippen molar-refractivity contribution in [2.45, 2.75) is 6.61 Å². The predicted octanol–water partition coefficient (Wildman–Crippen LogP) is 4.84. The molecule has 3 aromatic carbocycles. The lowest BCUT2D eigenvalue weighted by Crippen LogP contribution is -2.54. The van der Waals surface area contributed by atoms with E-state index in [-0.39, 0.29) is 16.4 Å². The predicted molar refractivity (Wildman–Crippen MR) is 133 cm³/mol. The van der Waals surface area contributed by atoms with Gasteiger partial charge in [-0.2, -0.15) is 0 Å². The number of amides is 2. The van der Waals surface area contributed by atoms with Gasteiger partial charge in [0.15, 0.2) is 5.11 Å². The smallest absolute Gasteiger partial charge is 0.270 e. The lowest BCUT2D eigenvalue weighted by atomic mass is 10.1. The van der Waals surface area contributed by atoms with E-state index in [2.05, 4.69) is 27.9 Å². The molecule has 0 aliphatic carbocycles. The summed E-state index contributed by atoms with van der Waals surface area (Å²) >= 11 is 7.36. The van der Waals surface area contributed by atoms with Crippen LogP contribution in [0.3, 0.4) is 0 Å². The summed E-state index contributed by atoms with van der Waals surface area (Å²) in [6.07, 6.45) is 1.43. The Balaban J connectivity index is 1.64. The van der Waals surface area contributed by atoms with Gasteiger partial charge in [0.2, 0.25) is 0 Å². The van der Waals surface area contributed by atoms with Crippen molar-refractivity contribution < 1.29 is 18.7 Å². The number of thiocarbonyl (C=S) groups is 1. The monoisotopic (exact) mass is 558 g/mol. The largest absolute Gasteiger partial charge is 0.488 e. The molecule has 2 amide bonds. The molecule has 1 saturated heterocycles. The number of rotatable bonds is 5. The van der Waals surface area contributed by atoms with Crippen LogP contribution in [0.1, 0.15) is 11.1 Å². The molecule has 0 bridgehead atoms. The van der Waals surface area contributed by atoms with Gasteiger partial charge in [0.25, 0.3) is 11.8 Å². The first-order valence-electron chi connectivity index (χ1n) is 9.56. The Kier molecular flexibility index (Phi) is 6.61. The highest BCUT2D eigenvalue weighted by Crippen LogP contribution is 2.27. The molecule has 1 fully saturated rings. The summed E-state index contributed by atoms with van der Waals surface area (Å²) in [7, 11) is 0. The normalized spacial score (nSPS) is 15.1.